The van der Waals surface area contributed by atoms with E-state index in [1.807, 2.05) is 24.3 Å². The van der Waals surface area contributed by atoms with Crippen LogP contribution in [-0.4, -0.2) is 40.1 Å². The summed E-state index contributed by atoms with van der Waals surface area (Å²) in [5.74, 6) is 0.611. The van der Waals surface area contributed by atoms with Crippen molar-refractivity contribution in [2.24, 2.45) is 5.92 Å². The van der Waals surface area contributed by atoms with E-state index in [2.05, 4.69) is 15.2 Å². The summed E-state index contributed by atoms with van der Waals surface area (Å²) >= 11 is 0. The van der Waals surface area contributed by atoms with Crippen molar-refractivity contribution >= 4 is 5.91 Å². The fraction of sp³-hybridized carbons (Fsp3) is 0.318. The molecule has 29 heavy (non-hydrogen) atoms. The minimum absolute atomic E-state index is 0.00577. The molecule has 0 spiro atoms. The van der Waals surface area contributed by atoms with Crippen molar-refractivity contribution < 1.29 is 13.9 Å². The molecule has 150 valence electrons. The predicted molar refractivity (Wildman–Crippen MR) is 107 cm³/mol. The monoisotopic (exact) mass is 394 g/mol. The number of hydrogen-bond acceptors (Lipinski definition) is 4. The first-order chi connectivity index (χ1) is 14.0. The van der Waals surface area contributed by atoms with Gasteiger partial charge in [-0.05, 0) is 60.2 Å². The van der Waals surface area contributed by atoms with E-state index < -0.39 is 0 Å². The molecule has 1 fully saturated rings. The Kier molecular flexibility index (Phi) is 5.29. The van der Waals surface area contributed by atoms with Gasteiger partial charge in [-0.2, -0.15) is 5.10 Å². The lowest BCUT2D eigenvalue weighted by Crippen LogP contribution is -2.37. The molecule has 0 aliphatic heterocycles. The van der Waals surface area contributed by atoms with Crippen LogP contribution in [0.5, 0.6) is 5.75 Å². The molecular weight excluding hydrogens is 371 g/mol. The lowest BCUT2D eigenvalue weighted by molar-refractivity contribution is -0.136. The molecule has 1 N–H and O–H groups in total. The molecule has 7 heteroatoms. The van der Waals surface area contributed by atoms with Crippen LogP contribution in [-0.2, 0) is 11.4 Å². The van der Waals surface area contributed by atoms with Crippen molar-refractivity contribution in [1.82, 2.24) is 20.1 Å². The molecule has 1 aliphatic carbocycles. The average molecular weight is 394 g/mol. The van der Waals surface area contributed by atoms with E-state index in [9.17, 15) is 9.18 Å². The maximum absolute atomic E-state index is 14.3. The normalized spacial score (nSPS) is 18.2. The zero-order chi connectivity index (χ0) is 20.4. The molecule has 6 nitrogen and oxygen atoms in total. The number of pyridine rings is 1. The van der Waals surface area contributed by atoms with E-state index in [0.717, 1.165) is 17.0 Å². The molecule has 1 amide bonds. The van der Waals surface area contributed by atoms with Crippen molar-refractivity contribution in [2.45, 2.75) is 25.4 Å². The molecule has 1 saturated carbocycles. The summed E-state index contributed by atoms with van der Waals surface area (Å²) in [4.78, 5) is 18.0. The fourth-order valence-electron chi connectivity index (χ4n) is 3.62. The Morgan fingerprint density at radius 2 is 2.07 bits per heavy atom. The summed E-state index contributed by atoms with van der Waals surface area (Å²) < 4.78 is 20.1. The Bertz CT molecular complexity index is 981. The van der Waals surface area contributed by atoms with Crippen molar-refractivity contribution in [2.75, 3.05) is 14.1 Å². The summed E-state index contributed by atoms with van der Waals surface area (Å²) in [7, 11) is 3.51. The molecule has 0 unspecified atom stereocenters. The summed E-state index contributed by atoms with van der Waals surface area (Å²) in [5.41, 5.74) is 3.18. The highest BCUT2D eigenvalue weighted by Gasteiger charge is 2.37. The zero-order valence-electron chi connectivity index (χ0n) is 16.4. The van der Waals surface area contributed by atoms with Crippen molar-refractivity contribution in [3.63, 3.8) is 0 Å². The number of aromatic nitrogens is 3. The Labute approximate surface area is 168 Å². The molecule has 0 atom stereocenters. The van der Waals surface area contributed by atoms with Gasteiger partial charge >= 0.3 is 0 Å². The van der Waals surface area contributed by atoms with Gasteiger partial charge in [0.1, 0.15) is 18.2 Å². The van der Waals surface area contributed by atoms with Gasteiger partial charge in [0.25, 0.3) is 0 Å². The number of amides is 1. The van der Waals surface area contributed by atoms with Crippen molar-refractivity contribution in [3.05, 3.63) is 65.7 Å². The quantitative estimate of drug-likeness (QED) is 0.691. The van der Waals surface area contributed by atoms with E-state index in [-0.39, 0.29) is 23.6 Å². The van der Waals surface area contributed by atoms with Gasteiger partial charge in [0.05, 0.1) is 17.6 Å². The first kappa shape index (κ1) is 19.1. The summed E-state index contributed by atoms with van der Waals surface area (Å²) in [6, 6.07) is 10.6. The average Bonchev–Trinajstić information content (AvgIpc) is 3.22. The largest absolute Gasteiger partial charge is 0.487 e. The highest BCUT2D eigenvalue weighted by atomic mass is 19.1. The van der Waals surface area contributed by atoms with E-state index in [1.54, 1.807) is 37.5 Å². The maximum atomic E-state index is 14.3. The number of nitrogens with zero attached hydrogens (tertiary/aromatic N) is 3. The number of H-pyrrole nitrogens is 1. The van der Waals surface area contributed by atoms with E-state index in [1.165, 1.54) is 6.07 Å². The van der Waals surface area contributed by atoms with Crippen LogP contribution in [0.25, 0.3) is 11.4 Å². The van der Waals surface area contributed by atoms with Crippen LogP contribution in [0.3, 0.4) is 0 Å². The zero-order valence-corrected chi connectivity index (χ0v) is 16.4. The molecule has 2 aromatic heterocycles. The van der Waals surface area contributed by atoms with E-state index in [0.29, 0.717) is 30.8 Å². The number of halogens is 1. The smallest absolute Gasteiger partial charge is 0.225 e. The number of carbonyl (C=O) groups is 1. The number of ether oxygens (including phenoxy) is 1. The SMILES string of the molecule is CN(C)C(=O)[C@H]1C[C@H](c2cc(COc3ccc(-c4ccn[nH]4)nc3)ccc2F)C1. The predicted octanol–water partition coefficient (Wildman–Crippen LogP) is 3.77. The Morgan fingerprint density at radius 3 is 2.72 bits per heavy atom. The molecule has 0 saturated heterocycles. The third-order valence-electron chi connectivity index (χ3n) is 5.35. The van der Waals surface area contributed by atoms with Crippen molar-refractivity contribution in [1.29, 1.82) is 0 Å². The van der Waals surface area contributed by atoms with Gasteiger partial charge in [-0.15, -0.1) is 0 Å². The first-order valence-electron chi connectivity index (χ1n) is 9.59. The molecule has 0 bridgehead atoms. The summed E-state index contributed by atoms with van der Waals surface area (Å²) in [6.07, 6.45) is 4.71. The highest BCUT2D eigenvalue weighted by Crippen LogP contribution is 2.43. The Balaban J connectivity index is 1.38. The number of hydrogen-bond donors (Lipinski definition) is 1. The molecule has 2 heterocycles. The number of aromatic amines is 1. The van der Waals surface area contributed by atoms with Gasteiger partial charge in [-0.25, -0.2) is 4.39 Å². The van der Waals surface area contributed by atoms with Gasteiger partial charge < -0.3 is 9.64 Å². The number of nitrogens with one attached hydrogen (secondary N) is 1. The van der Waals surface area contributed by atoms with Crippen LogP contribution in [0.1, 0.15) is 29.9 Å². The van der Waals surface area contributed by atoms with Gasteiger partial charge in [0.2, 0.25) is 5.91 Å². The third-order valence-corrected chi connectivity index (χ3v) is 5.35. The van der Waals surface area contributed by atoms with Crippen LogP contribution in [0, 0.1) is 11.7 Å². The van der Waals surface area contributed by atoms with Gasteiger partial charge in [0.15, 0.2) is 0 Å². The maximum Gasteiger partial charge on any atom is 0.225 e. The Hall–Kier alpha value is -3.22. The minimum atomic E-state index is -0.222. The second-order valence-corrected chi connectivity index (χ2v) is 7.59. The van der Waals surface area contributed by atoms with E-state index >= 15 is 0 Å². The van der Waals surface area contributed by atoms with Crippen LogP contribution in [0.15, 0.2) is 48.8 Å². The van der Waals surface area contributed by atoms with Gasteiger partial charge in [-0.1, -0.05) is 6.07 Å². The molecule has 1 aromatic carbocycles. The standard InChI is InChI=1S/C22H23FN4O2/c1-27(2)22(28)16-10-15(11-16)18-9-14(3-5-19(18)23)13-29-17-4-6-20(24-12-17)21-7-8-25-26-21/h3-9,12,15-16H,10-11,13H2,1-2H3,(H,25,26)/t15-,16-. The van der Waals surface area contributed by atoms with Gasteiger partial charge in [-0.3, -0.25) is 14.9 Å². The lowest BCUT2D eigenvalue weighted by Gasteiger charge is -2.36. The molecule has 0 radical (unpaired) electrons. The highest BCUT2D eigenvalue weighted by molar-refractivity contribution is 5.79. The fourth-order valence-corrected chi connectivity index (χ4v) is 3.62. The third kappa shape index (κ3) is 4.13. The van der Waals surface area contributed by atoms with Crippen LogP contribution < -0.4 is 4.74 Å². The number of carbonyl (C=O) groups excluding carboxylic acids is 1. The molecule has 1 aliphatic rings. The van der Waals surface area contributed by atoms with Crippen LogP contribution in [0.2, 0.25) is 0 Å². The number of benzene rings is 1. The summed E-state index contributed by atoms with van der Waals surface area (Å²) in [5, 5.41) is 6.78. The number of rotatable bonds is 6. The second-order valence-electron chi connectivity index (χ2n) is 7.59. The summed E-state index contributed by atoms with van der Waals surface area (Å²) in [6.45, 7) is 0.325. The van der Waals surface area contributed by atoms with E-state index in [4.69, 9.17) is 4.74 Å². The second kappa shape index (κ2) is 8.03. The Morgan fingerprint density at radius 1 is 1.24 bits per heavy atom. The van der Waals surface area contributed by atoms with Gasteiger partial charge in [0, 0.05) is 26.2 Å². The molecule has 3 aromatic rings. The lowest BCUT2D eigenvalue weighted by atomic mass is 9.70. The topological polar surface area (TPSA) is 71.1 Å². The first-order valence-corrected chi connectivity index (χ1v) is 9.59. The molecular formula is C22H23FN4O2. The molecule has 4 rings (SSSR count). The van der Waals surface area contributed by atoms with Crippen LogP contribution >= 0.6 is 0 Å². The van der Waals surface area contributed by atoms with Crippen LogP contribution in [0.4, 0.5) is 4.39 Å². The minimum Gasteiger partial charge on any atom is -0.487 e. The van der Waals surface area contributed by atoms with Crippen molar-refractivity contribution in [3.8, 4) is 17.1 Å².